The summed E-state index contributed by atoms with van der Waals surface area (Å²) in [5.41, 5.74) is 3.72. The van der Waals surface area contributed by atoms with E-state index < -0.39 is 11.7 Å². The van der Waals surface area contributed by atoms with Gasteiger partial charge in [0.05, 0.1) is 0 Å². The van der Waals surface area contributed by atoms with Crippen LogP contribution in [0.25, 0.3) is 0 Å². The number of terminal acetylenes is 9. The minimum atomic E-state index is -0.736. The van der Waals surface area contributed by atoms with Gasteiger partial charge in [-0.25, -0.2) is 0 Å². The predicted molar refractivity (Wildman–Crippen MR) is 330 cm³/mol. The SMILES string of the molecule is C#CC(O)CCCCC.C#CC1(O)CCCC1.C#CCCC.C#CCCCCCC.C#CCCCCCCC.C#CCCCCCCCCCC.C#CCO.C#Cc1ccc(CC)cc1.C#Cc1cccc(C)c1. The molecule has 1 unspecified atom stereocenters. The van der Waals surface area contributed by atoms with Crippen LogP contribution in [0.4, 0.5) is 0 Å². The first kappa shape index (κ1) is 79.8. The summed E-state index contributed by atoms with van der Waals surface area (Å²) in [6, 6.07) is 16.0. The van der Waals surface area contributed by atoms with Gasteiger partial charge in [-0.1, -0.05) is 198 Å². The van der Waals surface area contributed by atoms with E-state index in [1.54, 1.807) is 0 Å². The van der Waals surface area contributed by atoms with E-state index in [0.717, 1.165) is 88.2 Å². The molecule has 1 aliphatic carbocycles. The van der Waals surface area contributed by atoms with Gasteiger partial charge < -0.3 is 15.3 Å². The molecular formula is C71H106O3. The minimum absolute atomic E-state index is 0.153. The summed E-state index contributed by atoms with van der Waals surface area (Å²) >= 11 is 0. The summed E-state index contributed by atoms with van der Waals surface area (Å²) in [7, 11) is 0. The van der Waals surface area contributed by atoms with Crippen LogP contribution in [-0.4, -0.2) is 33.6 Å². The van der Waals surface area contributed by atoms with Crippen molar-refractivity contribution in [3.63, 3.8) is 0 Å². The van der Waals surface area contributed by atoms with Gasteiger partial charge in [-0.05, 0) is 113 Å². The van der Waals surface area contributed by atoms with Crippen molar-refractivity contribution in [3.05, 3.63) is 70.8 Å². The minimum Gasteiger partial charge on any atom is -0.384 e. The number of aliphatic hydroxyl groups is 3. The Labute approximate surface area is 460 Å². The Morgan fingerprint density at radius 1 is 0.486 bits per heavy atom. The zero-order chi connectivity index (χ0) is 57.0. The van der Waals surface area contributed by atoms with Gasteiger partial charge in [-0.15, -0.1) is 81.5 Å². The van der Waals surface area contributed by atoms with Crippen LogP contribution < -0.4 is 0 Å². The summed E-state index contributed by atoms with van der Waals surface area (Å²) in [5, 5.41) is 25.8. The Kier molecular flexibility index (Phi) is 77.2. The van der Waals surface area contributed by atoms with Gasteiger partial charge in [0.15, 0.2) is 0 Å². The molecule has 3 rings (SSSR count). The number of rotatable bonds is 23. The molecule has 3 nitrogen and oxygen atoms in total. The molecule has 0 bridgehead atoms. The smallest absolute Gasteiger partial charge is 0.125 e. The van der Waals surface area contributed by atoms with Gasteiger partial charge >= 0.3 is 0 Å². The molecule has 0 heterocycles. The maximum Gasteiger partial charge on any atom is 0.125 e. The highest BCUT2D eigenvalue weighted by Crippen LogP contribution is 2.28. The second-order valence-electron chi connectivity index (χ2n) is 17.9. The number of hydrogen-bond donors (Lipinski definition) is 3. The molecule has 74 heavy (non-hydrogen) atoms. The van der Waals surface area contributed by atoms with E-state index in [-0.39, 0.29) is 6.61 Å². The lowest BCUT2D eigenvalue weighted by Gasteiger charge is -2.11. The fourth-order valence-corrected chi connectivity index (χ4v) is 6.34. The van der Waals surface area contributed by atoms with Crippen LogP contribution in [-0.2, 0) is 6.42 Å². The van der Waals surface area contributed by atoms with Crippen molar-refractivity contribution >= 4 is 0 Å². The van der Waals surface area contributed by atoms with Gasteiger partial charge in [0.25, 0.3) is 0 Å². The van der Waals surface area contributed by atoms with E-state index in [0.29, 0.717) is 0 Å². The van der Waals surface area contributed by atoms with Crippen molar-refractivity contribution in [2.45, 2.75) is 259 Å². The van der Waals surface area contributed by atoms with Crippen LogP contribution in [0.3, 0.4) is 0 Å². The quantitative estimate of drug-likeness (QED) is 0.0768. The van der Waals surface area contributed by atoms with Crippen LogP contribution >= 0.6 is 0 Å². The molecule has 1 aliphatic rings. The number of unbranched alkanes of at least 4 members (excludes halogenated alkanes) is 20. The topological polar surface area (TPSA) is 60.7 Å². The molecule has 0 saturated heterocycles. The third kappa shape index (κ3) is 72.9. The third-order valence-electron chi connectivity index (χ3n) is 10.9. The Morgan fingerprint density at radius 3 is 1.16 bits per heavy atom. The predicted octanol–water partition coefficient (Wildman–Crippen LogP) is 17.4. The summed E-state index contributed by atoms with van der Waals surface area (Å²) in [6.45, 7) is 14.9. The highest BCUT2D eigenvalue weighted by Gasteiger charge is 2.27. The molecule has 0 radical (unpaired) electrons. The molecular weight excluding hydrogens is 901 g/mol. The lowest BCUT2D eigenvalue weighted by molar-refractivity contribution is 0.110. The number of hydrogen-bond acceptors (Lipinski definition) is 3. The molecule has 2 aromatic rings. The number of aryl methyl sites for hydroxylation is 2. The molecule has 3 heteroatoms. The van der Waals surface area contributed by atoms with Crippen molar-refractivity contribution in [1.29, 1.82) is 0 Å². The van der Waals surface area contributed by atoms with Gasteiger partial charge in [0.1, 0.15) is 18.3 Å². The van der Waals surface area contributed by atoms with Gasteiger partial charge in [0, 0.05) is 36.8 Å². The van der Waals surface area contributed by atoms with E-state index in [4.69, 9.17) is 61.6 Å². The summed E-state index contributed by atoms with van der Waals surface area (Å²) < 4.78 is 0. The molecule has 1 fully saturated rings. The lowest BCUT2D eigenvalue weighted by atomic mass is 10.1. The highest BCUT2D eigenvalue weighted by molar-refractivity contribution is 5.35. The molecule has 2 aromatic carbocycles. The van der Waals surface area contributed by atoms with E-state index in [2.05, 4.69) is 107 Å². The Hall–Kier alpha value is -5.64. The fourth-order valence-electron chi connectivity index (χ4n) is 6.34. The first-order valence-electron chi connectivity index (χ1n) is 28.1. The second kappa shape index (κ2) is 71.6. The van der Waals surface area contributed by atoms with Crippen LogP contribution in [0, 0.1) is 118 Å². The molecule has 408 valence electrons. The highest BCUT2D eigenvalue weighted by atomic mass is 16.3. The van der Waals surface area contributed by atoms with Crippen molar-refractivity contribution in [1.82, 2.24) is 0 Å². The number of benzene rings is 2. The lowest BCUT2D eigenvalue weighted by Crippen LogP contribution is -2.20. The standard InChI is InChI=1S/C12H22.C10H10.C9H8.C9H16.C8H14O.C8H14.C7H10O.C5H8.C3H4O/c1-3-5-7-9-11-12-10-8-6-4-2;1-3-9-5-7-10(4-2)8-6-9;1-3-9-6-4-5-8(2)7-9;1-3-5-7-9-8-6-4-2;1-3-5-6-7-8(9)4-2;1-3-5-7-8-6-4-2;1-2-7(8)5-3-4-6-7;1-3-5-4-2;1-2-3-4/h1H,4-12H2,2H3;1,5-8H,4H2,2H3;1,4-7H,2H3;1H,4-9H2,2H3;2,8-9H,3,5-7H2,1H3;1H,4-8H2,2H3;1,8H,3-6H2;1H,4-5H2,2H3;1,4H,3H2. The first-order valence-corrected chi connectivity index (χ1v) is 28.1. The van der Waals surface area contributed by atoms with E-state index in [1.165, 1.54) is 133 Å². The average Bonchev–Trinajstić information content (AvgIpc) is 3.88. The maximum absolute atomic E-state index is 9.26. The normalized spacial score (nSPS) is 10.7. The Balaban J connectivity index is -0.000000178. The van der Waals surface area contributed by atoms with Crippen LogP contribution in [0.2, 0.25) is 0 Å². The Bertz CT molecular complexity index is 1850. The third-order valence-corrected chi connectivity index (χ3v) is 10.9. The van der Waals surface area contributed by atoms with Crippen LogP contribution in [0.1, 0.15) is 256 Å². The molecule has 3 N–H and O–H groups in total. The summed E-state index contributed by atoms with van der Waals surface area (Å²) in [5.74, 6) is 22.3. The van der Waals surface area contributed by atoms with Crippen molar-refractivity contribution in [2.24, 2.45) is 0 Å². The zero-order valence-corrected chi connectivity index (χ0v) is 48.4. The summed E-state index contributed by atoms with van der Waals surface area (Å²) in [4.78, 5) is 0. The van der Waals surface area contributed by atoms with Crippen LogP contribution in [0.5, 0.6) is 0 Å². The summed E-state index contributed by atoms with van der Waals surface area (Å²) in [6.07, 6.45) is 81.1. The molecule has 1 atom stereocenters. The van der Waals surface area contributed by atoms with Crippen molar-refractivity contribution in [2.75, 3.05) is 6.61 Å². The average molecular weight is 1010 g/mol. The Morgan fingerprint density at radius 2 is 0.878 bits per heavy atom. The molecule has 0 spiro atoms. The molecule has 1 saturated carbocycles. The monoisotopic (exact) mass is 1010 g/mol. The first-order chi connectivity index (χ1) is 35.8. The largest absolute Gasteiger partial charge is 0.384 e. The molecule has 0 amide bonds. The fraction of sp³-hybridized carbons (Fsp3) is 0.577. The van der Waals surface area contributed by atoms with Crippen LogP contribution in [0.15, 0.2) is 48.5 Å². The maximum atomic E-state index is 9.26. The van der Waals surface area contributed by atoms with Crippen molar-refractivity contribution in [3.8, 4) is 111 Å². The molecule has 0 aliphatic heterocycles. The van der Waals surface area contributed by atoms with Gasteiger partial charge in [-0.2, -0.15) is 0 Å². The van der Waals surface area contributed by atoms with Crippen molar-refractivity contribution < 1.29 is 15.3 Å². The second-order valence-corrected chi connectivity index (χ2v) is 17.9. The van der Waals surface area contributed by atoms with E-state index in [9.17, 15) is 5.11 Å². The van der Waals surface area contributed by atoms with E-state index in [1.807, 2.05) is 49.2 Å². The van der Waals surface area contributed by atoms with Gasteiger partial charge in [0.2, 0.25) is 0 Å². The van der Waals surface area contributed by atoms with Gasteiger partial charge in [-0.3, -0.25) is 0 Å². The zero-order valence-electron chi connectivity index (χ0n) is 48.4. The molecule has 0 aromatic heterocycles. The van der Waals surface area contributed by atoms with E-state index >= 15 is 0 Å². The number of aliphatic hydroxyl groups excluding tert-OH is 2.